The molecule has 0 radical (unpaired) electrons. The molecule has 0 unspecified atom stereocenters. The summed E-state index contributed by atoms with van der Waals surface area (Å²) in [4.78, 5) is 8.52. The first kappa shape index (κ1) is 13.6. The molecule has 5 heteroatoms. The molecule has 2 N–H and O–H groups in total. The average molecular weight is 270 g/mol. The summed E-state index contributed by atoms with van der Waals surface area (Å²) in [6.45, 7) is 2.99. The van der Waals surface area contributed by atoms with Crippen molar-refractivity contribution in [2.75, 3.05) is 18.5 Å². The minimum absolute atomic E-state index is 0.0177. The van der Waals surface area contributed by atoms with Crippen molar-refractivity contribution in [3.05, 3.63) is 17.0 Å². The minimum atomic E-state index is 0.0177. The van der Waals surface area contributed by atoms with Crippen LogP contribution >= 0.6 is 11.6 Å². The van der Waals surface area contributed by atoms with Crippen molar-refractivity contribution >= 4 is 17.4 Å². The van der Waals surface area contributed by atoms with E-state index in [4.69, 9.17) is 11.6 Å². The smallest absolute Gasteiger partial charge is 0.134 e. The van der Waals surface area contributed by atoms with E-state index in [1.165, 1.54) is 12.8 Å². The standard InChI is InChI=1S/C13H20ClN3O/c1-2-11-16-10(14)7-12(17-11)15-8-13(9-18)5-3-4-6-13/h7,18H,2-6,8-9H2,1H3,(H,15,16,17). The van der Waals surface area contributed by atoms with Gasteiger partial charge in [-0.25, -0.2) is 9.97 Å². The Kier molecular flexibility index (Phi) is 4.40. The van der Waals surface area contributed by atoms with Crippen molar-refractivity contribution in [1.29, 1.82) is 0 Å². The highest BCUT2D eigenvalue weighted by molar-refractivity contribution is 6.29. The van der Waals surface area contributed by atoms with Crippen molar-refractivity contribution in [2.24, 2.45) is 5.41 Å². The molecule has 0 amide bonds. The molecule has 0 bridgehead atoms. The van der Waals surface area contributed by atoms with Gasteiger partial charge < -0.3 is 10.4 Å². The topological polar surface area (TPSA) is 58.0 Å². The third-order valence-electron chi connectivity index (χ3n) is 3.70. The summed E-state index contributed by atoms with van der Waals surface area (Å²) in [5, 5.41) is 13.3. The van der Waals surface area contributed by atoms with E-state index in [1.54, 1.807) is 6.07 Å². The van der Waals surface area contributed by atoms with E-state index in [0.29, 0.717) is 5.15 Å². The molecule has 100 valence electrons. The molecule has 1 aromatic rings. The number of aryl methyl sites for hydroxylation is 1. The number of hydrogen-bond donors (Lipinski definition) is 2. The number of rotatable bonds is 5. The molecular weight excluding hydrogens is 250 g/mol. The van der Waals surface area contributed by atoms with Crippen LogP contribution in [0.25, 0.3) is 0 Å². The Hall–Kier alpha value is -0.870. The average Bonchev–Trinajstić information content (AvgIpc) is 2.85. The van der Waals surface area contributed by atoms with Gasteiger partial charge in [0.2, 0.25) is 0 Å². The molecule has 0 aromatic carbocycles. The zero-order valence-electron chi connectivity index (χ0n) is 10.7. The van der Waals surface area contributed by atoms with E-state index >= 15 is 0 Å². The predicted octanol–water partition coefficient (Wildman–Crippen LogP) is 2.66. The highest BCUT2D eigenvalue weighted by atomic mass is 35.5. The fourth-order valence-corrected chi connectivity index (χ4v) is 2.71. The van der Waals surface area contributed by atoms with Crippen LogP contribution in [0.15, 0.2) is 6.07 Å². The van der Waals surface area contributed by atoms with Gasteiger partial charge in [-0.3, -0.25) is 0 Å². The number of aromatic nitrogens is 2. The first-order valence-electron chi connectivity index (χ1n) is 6.56. The summed E-state index contributed by atoms with van der Waals surface area (Å²) in [7, 11) is 0. The lowest BCUT2D eigenvalue weighted by Crippen LogP contribution is -2.30. The lowest BCUT2D eigenvalue weighted by Gasteiger charge is -2.26. The Morgan fingerprint density at radius 1 is 1.39 bits per heavy atom. The highest BCUT2D eigenvalue weighted by Gasteiger charge is 2.32. The minimum Gasteiger partial charge on any atom is -0.396 e. The number of nitrogens with zero attached hydrogens (tertiary/aromatic N) is 2. The normalized spacial score (nSPS) is 17.9. The van der Waals surface area contributed by atoms with Gasteiger partial charge in [0.15, 0.2) is 0 Å². The Morgan fingerprint density at radius 3 is 2.72 bits per heavy atom. The Morgan fingerprint density at radius 2 is 2.11 bits per heavy atom. The van der Waals surface area contributed by atoms with Crippen LogP contribution in [0.3, 0.4) is 0 Å². The van der Waals surface area contributed by atoms with Crippen molar-refractivity contribution < 1.29 is 5.11 Å². The maximum Gasteiger partial charge on any atom is 0.134 e. The molecule has 0 atom stereocenters. The Bertz CT molecular complexity index is 405. The van der Waals surface area contributed by atoms with E-state index in [0.717, 1.165) is 37.4 Å². The molecule has 18 heavy (non-hydrogen) atoms. The van der Waals surface area contributed by atoms with Crippen LogP contribution in [0.1, 0.15) is 38.4 Å². The highest BCUT2D eigenvalue weighted by Crippen LogP contribution is 2.37. The summed E-state index contributed by atoms with van der Waals surface area (Å²) in [5.74, 6) is 1.50. The van der Waals surface area contributed by atoms with Crippen LogP contribution in [0.5, 0.6) is 0 Å². The molecule has 1 fully saturated rings. The van der Waals surface area contributed by atoms with E-state index < -0.39 is 0 Å². The molecule has 0 spiro atoms. The van der Waals surface area contributed by atoms with Gasteiger partial charge in [-0.15, -0.1) is 0 Å². The third-order valence-corrected chi connectivity index (χ3v) is 3.90. The SMILES string of the molecule is CCc1nc(Cl)cc(NCC2(CO)CCCC2)n1. The fourth-order valence-electron chi connectivity index (χ4n) is 2.51. The summed E-state index contributed by atoms with van der Waals surface area (Å²) in [5.41, 5.74) is 0.0177. The molecule has 1 aromatic heterocycles. The van der Waals surface area contributed by atoms with Gasteiger partial charge in [0.1, 0.15) is 16.8 Å². The Balaban J connectivity index is 2.03. The van der Waals surface area contributed by atoms with Gasteiger partial charge in [-0.1, -0.05) is 31.4 Å². The maximum absolute atomic E-state index is 9.55. The maximum atomic E-state index is 9.55. The number of aliphatic hydroxyl groups is 1. The summed E-state index contributed by atoms with van der Waals surface area (Å²) in [6, 6.07) is 1.74. The number of nitrogens with one attached hydrogen (secondary N) is 1. The summed E-state index contributed by atoms with van der Waals surface area (Å²) in [6.07, 6.45) is 5.33. The molecular formula is C13H20ClN3O. The molecule has 1 aliphatic rings. The zero-order chi connectivity index (χ0) is 13.0. The predicted molar refractivity (Wildman–Crippen MR) is 72.9 cm³/mol. The first-order valence-corrected chi connectivity index (χ1v) is 6.93. The number of hydrogen-bond acceptors (Lipinski definition) is 4. The third kappa shape index (κ3) is 3.12. The van der Waals surface area contributed by atoms with Gasteiger partial charge in [-0.2, -0.15) is 0 Å². The molecule has 1 saturated carbocycles. The first-order chi connectivity index (χ1) is 8.67. The molecule has 4 nitrogen and oxygen atoms in total. The van der Waals surface area contributed by atoms with Crippen LogP contribution in [-0.4, -0.2) is 28.2 Å². The van der Waals surface area contributed by atoms with Crippen molar-refractivity contribution in [2.45, 2.75) is 39.0 Å². The van der Waals surface area contributed by atoms with Crippen molar-refractivity contribution in [3.8, 4) is 0 Å². The number of halogens is 1. The molecule has 0 aliphatic heterocycles. The van der Waals surface area contributed by atoms with Crippen LogP contribution in [0.4, 0.5) is 5.82 Å². The number of anilines is 1. The van der Waals surface area contributed by atoms with E-state index in [2.05, 4.69) is 15.3 Å². The summed E-state index contributed by atoms with van der Waals surface area (Å²) >= 11 is 5.95. The van der Waals surface area contributed by atoms with Crippen LogP contribution in [0.2, 0.25) is 5.15 Å². The van der Waals surface area contributed by atoms with Crippen molar-refractivity contribution in [1.82, 2.24) is 9.97 Å². The van der Waals surface area contributed by atoms with Crippen LogP contribution < -0.4 is 5.32 Å². The largest absolute Gasteiger partial charge is 0.396 e. The van der Waals surface area contributed by atoms with Gasteiger partial charge in [0.05, 0.1) is 6.61 Å². The molecule has 0 saturated heterocycles. The zero-order valence-corrected chi connectivity index (χ0v) is 11.5. The van der Waals surface area contributed by atoms with E-state index in [1.807, 2.05) is 6.92 Å². The van der Waals surface area contributed by atoms with Gasteiger partial charge in [0, 0.05) is 24.4 Å². The second kappa shape index (κ2) is 5.85. The van der Waals surface area contributed by atoms with Gasteiger partial charge in [-0.05, 0) is 12.8 Å². The van der Waals surface area contributed by atoms with Crippen LogP contribution in [-0.2, 0) is 6.42 Å². The molecule has 1 aliphatic carbocycles. The lowest BCUT2D eigenvalue weighted by molar-refractivity contribution is 0.142. The van der Waals surface area contributed by atoms with Gasteiger partial charge >= 0.3 is 0 Å². The molecule has 1 heterocycles. The number of aliphatic hydroxyl groups excluding tert-OH is 1. The quantitative estimate of drug-likeness (QED) is 0.807. The van der Waals surface area contributed by atoms with E-state index in [9.17, 15) is 5.11 Å². The van der Waals surface area contributed by atoms with Crippen LogP contribution in [0, 0.1) is 5.41 Å². The second-order valence-corrected chi connectivity index (χ2v) is 5.45. The van der Waals surface area contributed by atoms with E-state index in [-0.39, 0.29) is 12.0 Å². The van der Waals surface area contributed by atoms with Gasteiger partial charge in [0.25, 0.3) is 0 Å². The summed E-state index contributed by atoms with van der Waals surface area (Å²) < 4.78 is 0. The molecule has 2 rings (SSSR count). The monoisotopic (exact) mass is 269 g/mol. The van der Waals surface area contributed by atoms with Crippen molar-refractivity contribution in [3.63, 3.8) is 0 Å². The Labute approximate surface area is 113 Å². The second-order valence-electron chi connectivity index (χ2n) is 5.06. The fraction of sp³-hybridized carbons (Fsp3) is 0.692. The lowest BCUT2D eigenvalue weighted by atomic mass is 9.87.